The molecule has 1 aliphatic rings. The van der Waals surface area contributed by atoms with Crippen LogP contribution < -0.4 is 10.1 Å². The maximum absolute atomic E-state index is 12.5. The normalized spacial score (nSPS) is 18.5. The molecular weight excluding hydrogens is 360 g/mol. The van der Waals surface area contributed by atoms with E-state index in [1.165, 1.54) is 4.31 Å². The van der Waals surface area contributed by atoms with Gasteiger partial charge in [-0.1, -0.05) is 17.6 Å². The number of aromatic nitrogens is 2. The quantitative estimate of drug-likeness (QED) is 0.836. The maximum atomic E-state index is 12.5. The Labute approximate surface area is 151 Å². The Bertz CT molecular complexity index is 896. The predicted octanol–water partition coefficient (Wildman–Crippen LogP) is 1.50. The van der Waals surface area contributed by atoms with E-state index in [9.17, 15) is 13.2 Å². The van der Waals surface area contributed by atoms with Crippen LogP contribution in [0, 0.1) is 0 Å². The third-order valence-corrected chi connectivity index (χ3v) is 5.44. The highest BCUT2D eigenvalue weighted by Crippen LogP contribution is 2.25. The summed E-state index contributed by atoms with van der Waals surface area (Å²) in [4.78, 5) is 12.5. The first-order chi connectivity index (χ1) is 12.4. The number of methoxy groups -OCH3 is 1. The molecule has 2 aromatic rings. The second kappa shape index (κ2) is 7.42. The van der Waals surface area contributed by atoms with E-state index in [1.807, 2.05) is 0 Å². The zero-order valence-electron chi connectivity index (χ0n) is 14.5. The highest BCUT2D eigenvalue weighted by atomic mass is 32.2. The SMILES string of the molecule is COc1cccc(-c2nnc(NC(=O)C3CCCCN3S(C)(=O)=O)o2)c1. The summed E-state index contributed by atoms with van der Waals surface area (Å²) < 4.78 is 35.6. The van der Waals surface area contributed by atoms with Gasteiger partial charge in [0.05, 0.1) is 13.4 Å². The van der Waals surface area contributed by atoms with Gasteiger partial charge in [0.2, 0.25) is 21.8 Å². The van der Waals surface area contributed by atoms with Crippen LogP contribution in [0.25, 0.3) is 11.5 Å². The van der Waals surface area contributed by atoms with Crippen LogP contribution in [-0.2, 0) is 14.8 Å². The van der Waals surface area contributed by atoms with Crippen LogP contribution in [0.15, 0.2) is 28.7 Å². The van der Waals surface area contributed by atoms with Crippen molar-refractivity contribution < 1.29 is 22.4 Å². The zero-order valence-corrected chi connectivity index (χ0v) is 15.3. The molecule has 1 unspecified atom stereocenters. The number of hydrogen-bond donors (Lipinski definition) is 1. The van der Waals surface area contributed by atoms with Gasteiger partial charge in [-0.25, -0.2) is 8.42 Å². The van der Waals surface area contributed by atoms with Crippen molar-refractivity contribution in [3.8, 4) is 17.2 Å². The lowest BCUT2D eigenvalue weighted by Crippen LogP contribution is -2.49. The molecule has 1 saturated heterocycles. The van der Waals surface area contributed by atoms with Crippen molar-refractivity contribution in [1.82, 2.24) is 14.5 Å². The second-order valence-electron chi connectivity index (χ2n) is 6.02. The number of rotatable bonds is 5. The molecule has 0 aliphatic carbocycles. The van der Waals surface area contributed by atoms with Gasteiger partial charge in [-0.3, -0.25) is 10.1 Å². The van der Waals surface area contributed by atoms with Crippen molar-refractivity contribution in [1.29, 1.82) is 0 Å². The average Bonchev–Trinajstić information content (AvgIpc) is 3.09. The summed E-state index contributed by atoms with van der Waals surface area (Å²) in [5, 5.41) is 10.2. The number of hydrogen-bond acceptors (Lipinski definition) is 7. The number of ether oxygens (including phenoxy) is 1. The topological polar surface area (TPSA) is 115 Å². The van der Waals surface area contributed by atoms with E-state index in [1.54, 1.807) is 31.4 Å². The van der Waals surface area contributed by atoms with Gasteiger partial charge in [0.15, 0.2) is 0 Å². The van der Waals surface area contributed by atoms with Crippen LogP contribution in [0.4, 0.5) is 6.01 Å². The summed E-state index contributed by atoms with van der Waals surface area (Å²) in [6, 6.07) is 6.21. The van der Waals surface area contributed by atoms with Crippen LogP contribution in [0.2, 0.25) is 0 Å². The number of piperidine rings is 1. The molecule has 1 N–H and O–H groups in total. The molecule has 1 atom stereocenters. The second-order valence-corrected chi connectivity index (χ2v) is 7.95. The molecule has 0 spiro atoms. The molecule has 1 aromatic carbocycles. The Kier molecular flexibility index (Phi) is 5.23. The van der Waals surface area contributed by atoms with Crippen LogP contribution in [0.5, 0.6) is 5.75 Å². The van der Waals surface area contributed by atoms with Gasteiger partial charge in [-0.2, -0.15) is 4.31 Å². The molecule has 9 nitrogen and oxygen atoms in total. The summed E-state index contributed by atoms with van der Waals surface area (Å²) in [7, 11) is -1.91. The summed E-state index contributed by atoms with van der Waals surface area (Å²) in [5.41, 5.74) is 0.646. The number of anilines is 1. The molecule has 3 rings (SSSR count). The predicted molar refractivity (Wildman–Crippen MR) is 94.1 cm³/mol. The van der Waals surface area contributed by atoms with E-state index in [0.29, 0.717) is 24.3 Å². The number of carbonyl (C=O) groups is 1. The van der Waals surface area contributed by atoms with E-state index >= 15 is 0 Å². The van der Waals surface area contributed by atoms with Crippen LogP contribution in [-0.4, -0.2) is 54.8 Å². The van der Waals surface area contributed by atoms with E-state index in [0.717, 1.165) is 19.1 Å². The minimum atomic E-state index is -3.47. The maximum Gasteiger partial charge on any atom is 0.322 e. The van der Waals surface area contributed by atoms with Crippen molar-refractivity contribution in [2.75, 3.05) is 25.2 Å². The lowest BCUT2D eigenvalue weighted by atomic mass is 10.0. The lowest BCUT2D eigenvalue weighted by Gasteiger charge is -2.32. The summed E-state index contributed by atoms with van der Waals surface area (Å²) in [6.45, 7) is 0.329. The monoisotopic (exact) mass is 380 g/mol. The molecule has 1 amide bonds. The molecule has 0 bridgehead atoms. The van der Waals surface area contributed by atoms with Gasteiger partial charge in [0.1, 0.15) is 11.8 Å². The number of carbonyl (C=O) groups excluding carboxylic acids is 1. The molecule has 1 fully saturated rings. The van der Waals surface area contributed by atoms with Crippen LogP contribution in [0.3, 0.4) is 0 Å². The molecule has 0 radical (unpaired) electrons. The van der Waals surface area contributed by atoms with Gasteiger partial charge >= 0.3 is 6.01 Å². The van der Waals surface area contributed by atoms with E-state index in [4.69, 9.17) is 9.15 Å². The standard InChI is InChI=1S/C16H20N4O5S/c1-24-12-7-5-6-11(10-12)15-18-19-16(25-15)17-14(21)13-8-3-4-9-20(13)26(2,22)23/h5-7,10,13H,3-4,8-9H2,1-2H3,(H,17,19,21). The van der Waals surface area contributed by atoms with Gasteiger partial charge < -0.3 is 9.15 Å². The molecule has 1 aliphatic heterocycles. The average molecular weight is 380 g/mol. The van der Waals surface area contributed by atoms with Crippen molar-refractivity contribution in [3.05, 3.63) is 24.3 Å². The first kappa shape index (κ1) is 18.3. The highest BCUT2D eigenvalue weighted by Gasteiger charge is 2.35. The molecule has 1 aromatic heterocycles. The molecule has 0 saturated carbocycles. The van der Waals surface area contributed by atoms with Crippen molar-refractivity contribution >= 4 is 21.9 Å². The first-order valence-electron chi connectivity index (χ1n) is 8.14. The van der Waals surface area contributed by atoms with Gasteiger partial charge in [-0.15, -0.1) is 5.10 Å². The van der Waals surface area contributed by atoms with E-state index < -0.39 is 22.0 Å². The Balaban J connectivity index is 1.75. The summed E-state index contributed by atoms with van der Waals surface area (Å²) in [6.07, 6.45) is 3.07. The number of nitrogens with one attached hydrogen (secondary N) is 1. The fraction of sp³-hybridized carbons (Fsp3) is 0.438. The summed E-state index contributed by atoms with van der Waals surface area (Å²) >= 11 is 0. The number of amides is 1. The fourth-order valence-electron chi connectivity index (χ4n) is 2.90. The Hall–Kier alpha value is -2.46. The van der Waals surface area contributed by atoms with Gasteiger partial charge in [0, 0.05) is 12.1 Å². The lowest BCUT2D eigenvalue weighted by molar-refractivity contribution is -0.120. The Morgan fingerprint density at radius 2 is 2.15 bits per heavy atom. The molecule has 10 heteroatoms. The van der Waals surface area contributed by atoms with Gasteiger partial charge in [0.25, 0.3) is 0 Å². The number of sulfonamides is 1. The molecule has 2 heterocycles. The number of benzene rings is 1. The minimum absolute atomic E-state index is 0.0770. The van der Waals surface area contributed by atoms with Gasteiger partial charge in [-0.05, 0) is 31.0 Å². The van der Waals surface area contributed by atoms with Crippen molar-refractivity contribution in [2.24, 2.45) is 0 Å². The molecular formula is C16H20N4O5S. The van der Waals surface area contributed by atoms with Crippen molar-refractivity contribution in [2.45, 2.75) is 25.3 Å². The third kappa shape index (κ3) is 4.02. The van der Waals surface area contributed by atoms with Crippen LogP contribution >= 0.6 is 0 Å². The zero-order chi connectivity index (χ0) is 18.7. The molecule has 140 valence electrons. The number of nitrogens with zero attached hydrogens (tertiary/aromatic N) is 3. The highest BCUT2D eigenvalue weighted by molar-refractivity contribution is 7.88. The Morgan fingerprint density at radius 3 is 2.88 bits per heavy atom. The van der Waals surface area contributed by atoms with E-state index in [2.05, 4.69) is 15.5 Å². The Morgan fingerprint density at radius 1 is 1.35 bits per heavy atom. The first-order valence-corrected chi connectivity index (χ1v) is 9.99. The fourth-order valence-corrected chi connectivity index (χ4v) is 4.02. The van der Waals surface area contributed by atoms with Crippen LogP contribution in [0.1, 0.15) is 19.3 Å². The third-order valence-electron chi connectivity index (χ3n) is 4.15. The molecule has 26 heavy (non-hydrogen) atoms. The van der Waals surface area contributed by atoms with E-state index in [-0.39, 0.29) is 11.9 Å². The smallest absolute Gasteiger partial charge is 0.322 e. The van der Waals surface area contributed by atoms with Crippen molar-refractivity contribution in [3.63, 3.8) is 0 Å². The minimum Gasteiger partial charge on any atom is -0.497 e. The largest absolute Gasteiger partial charge is 0.497 e. The summed E-state index contributed by atoms with van der Waals surface area (Å²) in [5.74, 6) is 0.385.